The highest BCUT2D eigenvalue weighted by Gasteiger charge is 2.13. The molecule has 0 aliphatic heterocycles. The highest BCUT2D eigenvalue weighted by molar-refractivity contribution is 6.10. The van der Waals surface area contributed by atoms with Crippen LogP contribution in [0.15, 0.2) is 84.9 Å². The molecule has 0 unspecified atom stereocenters. The van der Waals surface area contributed by atoms with Gasteiger partial charge in [-0.15, -0.1) is 0 Å². The molecule has 0 amide bonds. The van der Waals surface area contributed by atoms with Crippen molar-refractivity contribution in [2.45, 2.75) is 52.4 Å². The van der Waals surface area contributed by atoms with Crippen LogP contribution in [0.4, 0.5) is 0 Å². The molecule has 2 N–H and O–H groups in total. The van der Waals surface area contributed by atoms with Gasteiger partial charge >= 0.3 is 0 Å². The Morgan fingerprint density at radius 1 is 0.543 bits per heavy atom. The van der Waals surface area contributed by atoms with Crippen molar-refractivity contribution < 1.29 is 10.2 Å². The Bertz CT molecular complexity index is 1320. The number of fused-ring (bicyclic) bond motifs is 3. The number of hydrogen-bond acceptors (Lipinski definition) is 2. The van der Waals surface area contributed by atoms with Crippen LogP contribution in [0.2, 0.25) is 0 Å². The van der Waals surface area contributed by atoms with Crippen LogP contribution in [0.1, 0.15) is 43.7 Å². The molecule has 0 atom stereocenters. The fourth-order valence-corrected chi connectivity index (χ4v) is 5.01. The summed E-state index contributed by atoms with van der Waals surface area (Å²) in [5, 5.41) is 21.3. The standard InChI is InChI=1S/C32H33NO2/c1-2-3-4-5-18-33-31-16-14-27(25-10-6-23(21-34)7-11-25)19-29(31)30-20-28(15-17-32(30)33)26-12-8-24(22-35)9-13-26/h6-17,19-20,34-35H,2-5,18,21-22H2,1H3. The summed E-state index contributed by atoms with van der Waals surface area (Å²) in [6.07, 6.45) is 4.95. The van der Waals surface area contributed by atoms with Crippen molar-refractivity contribution in [1.82, 2.24) is 4.57 Å². The van der Waals surface area contributed by atoms with Crippen LogP contribution >= 0.6 is 0 Å². The fraction of sp³-hybridized carbons (Fsp3) is 0.250. The predicted octanol–water partition coefficient (Wildman–Crippen LogP) is 7.69. The lowest BCUT2D eigenvalue weighted by Gasteiger charge is -2.09. The van der Waals surface area contributed by atoms with Crippen LogP contribution in [0.3, 0.4) is 0 Å². The van der Waals surface area contributed by atoms with Crippen LogP contribution in [0.25, 0.3) is 44.1 Å². The number of aromatic nitrogens is 1. The number of rotatable bonds is 9. The number of aryl methyl sites for hydroxylation is 1. The summed E-state index contributed by atoms with van der Waals surface area (Å²) in [5.74, 6) is 0. The van der Waals surface area contributed by atoms with Crippen LogP contribution in [-0.4, -0.2) is 14.8 Å². The lowest BCUT2D eigenvalue weighted by molar-refractivity contribution is 0.281. The first kappa shape index (κ1) is 23.3. The molecule has 0 bridgehead atoms. The minimum Gasteiger partial charge on any atom is -0.392 e. The van der Waals surface area contributed by atoms with Crippen LogP contribution < -0.4 is 0 Å². The van der Waals surface area contributed by atoms with Gasteiger partial charge < -0.3 is 14.8 Å². The number of aliphatic hydroxyl groups excluding tert-OH is 2. The number of aliphatic hydroxyl groups is 2. The van der Waals surface area contributed by atoms with Gasteiger partial charge in [-0.1, -0.05) is 86.8 Å². The number of benzene rings is 4. The van der Waals surface area contributed by atoms with E-state index in [-0.39, 0.29) is 13.2 Å². The van der Waals surface area contributed by atoms with Crippen molar-refractivity contribution in [3.63, 3.8) is 0 Å². The maximum Gasteiger partial charge on any atom is 0.0681 e. The Kier molecular flexibility index (Phi) is 6.98. The van der Waals surface area contributed by atoms with E-state index >= 15 is 0 Å². The zero-order valence-corrected chi connectivity index (χ0v) is 20.4. The van der Waals surface area contributed by atoms with E-state index in [0.29, 0.717) is 0 Å². The molecule has 0 aliphatic carbocycles. The van der Waals surface area contributed by atoms with E-state index in [0.717, 1.165) is 28.8 Å². The van der Waals surface area contributed by atoms with Crippen LogP contribution in [0, 0.1) is 0 Å². The average Bonchev–Trinajstić information content (AvgIpc) is 3.23. The highest BCUT2D eigenvalue weighted by atomic mass is 16.3. The third-order valence-corrected chi connectivity index (χ3v) is 7.04. The van der Waals surface area contributed by atoms with Crippen molar-refractivity contribution in [2.75, 3.05) is 0 Å². The zero-order valence-electron chi connectivity index (χ0n) is 20.4. The Hall–Kier alpha value is -3.40. The maximum absolute atomic E-state index is 9.40. The predicted molar refractivity (Wildman–Crippen MR) is 146 cm³/mol. The second-order valence-corrected chi connectivity index (χ2v) is 9.39. The topological polar surface area (TPSA) is 45.4 Å². The number of hydrogen-bond donors (Lipinski definition) is 2. The quantitative estimate of drug-likeness (QED) is 0.220. The minimum absolute atomic E-state index is 0.0624. The first-order valence-corrected chi connectivity index (χ1v) is 12.7. The minimum atomic E-state index is 0.0624. The van der Waals surface area contributed by atoms with Gasteiger partial charge in [-0.2, -0.15) is 0 Å². The number of unbranched alkanes of at least 4 members (excludes halogenated alkanes) is 3. The van der Waals surface area contributed by atoms with Crippen molar-refractivity contribution in [3.8, 4) is 22.3 Å². The molecule has 1 heterocycles. The highest BCUT2D eigenvalue weighted by Crippen LogP contribution is 2.35. The largest absolute Gasteiger partial charge is 0.392 e. The van der Waals surface area contributed by atoms with E-state index in [1.807, 2.05) is 24.3 Å². The smallest absolute Gasteiger partial charge is 0.0681 e. The van der Waals surface area contributed by atoms with Gasteiger partial charge in [-0.05, 0) is 64.1 Å². The van der Waals surface area contributed by atoms with Crippen molar-refractivity contribution in [3.05, 3.63) is 96.1 Å². The molecule has 4 aromatic carbocycles. The van der Waals surface area contributed by atoms with Gasteiger partial charge in [0.1, 0.15) is 0 Å². The Balaban J connectivity index is 1.63. The van der Waals surface area contributed by atoms with E-state index < -0.39 is 0 Å². The van der Waals surface area contributed by atoms with Gasteiger partial charge in [0, 0.05) is 28.4 Å². The molecule has 178 valence electrons. The van der Waals surface area contributed by atoms with Crippen molar-refractivity contribution in [1.29, 1.82) is 0 Å². The molecule has 3 nitrogen and oxygen atoms in total. The molecular formula is C32H33NO2. The second-order valence-electron chi connectivity index (χ2n) is 9.39. The Morgan fingerprint density at radius 3 is 1.43 bits per heavy atom. The van der Waals surface area contributed by atoms with Crippen molar-refractivity contribution in [2.24, 2.45) is 0 Å². The molecule has 5 rings (SSSR count). The van der Waals surface area contributed by atoms with Crippen LogP contribution in [0.5, 0.6) is 0 Å². The molecule has 5 aromatic rings. The lowest BCUT2D eigenvalue weighted by Crippen LogP contribution is -1.97. The van der Waals surface area contributed by atoms with E-state index in [2.05, 4.69) is 72.2 Å². The first-order chi connectivity index (χ1) is 17.2. The van der Waals surface area contributed by atoms with E-state index in [1.165, 1.54) is 58.6 Å². The number of nitrogens with zero attached hydrogens (tertiary/aromatic N) is 1. The summed E-state index contributed by atoms with van der Waals surface area (Å²) < 4.78 is 2.48. The monoisotopic (exact) mass is 463 g/mol. The zero-order chi connectivity index (χ0) is 24.2. The summed E-state index contributed by atoms with van der Waals surface area (Å²) >= 11 is 0. The average molecular weight is 464 g/mol. The SMILES string of the molecule is CCCCCCn1c2ccc(-c3ccc(CO)cc3)cc2c2cc(-c3ccc(CO)cc3)ccc21. The van der Waals surface area contributed by atoms with Crippen LogP contribution in [-0.2, 0) is 19.8 Å². The van der Waals surface area contributed by atoms with Gasteiger partial charge in [0.05, 0.1) is 13.2 Å². The third kappa shape index (κ3) is 4.75. The van der Waals surface area contributed by atoms with Gasteiger partial charge in [0.15, 0.2) is 0 Å². The van der Waals surface area contributed by atoms with Gasteiger partial charge in [-0.25, -0.2) is 0 Å². The summed E-state index contributed by atoms with van der Waals surface area (Å²) in [6.45, 7) is 3.40. The van der Waals surface area contributed by atoms with Gasteiger partial charge in [0.25, 0.3) is 0 Å². The lowest BCUT2D eigenvalue weighted by atomic mass is 9.99. The Labute approximate surface area is 207 Å². The normalized spacial score (nSPS) is 11.5. The van der Waals surface area contributed by atoms with E-state index in [4.69, 9.17) is 0 Å². The van der Waals surface area contributed by atoms with E-state index in [1.54, 1.807) is 0 Å². The van der Waals surface area contributed by atoms with Gasteiger partial charge in [0.2, 0.25) is 0 Å². The molecule has 3 heteroatoms. The molecule has 0 saturated carbocycles. The molecule has 35 heavy (non-hydrogen) atoms. The summed E-state index contributed by atoms with van der Waals surface area (Å²) in [7, 11) is 0. The Morgan fingerprint density at radius 2 is 1.00 bits per heavy atom. The molecule has 0 spiro atoms. The summed E-state index contributed by atoms with van der Waals surface area (Å²) in [4.78, 5) is 0. The second kappa shape index (κ2) is 10.5. The molecule has 1 aromatic heterocycles. The molecule has 0 aliphatic rings. The fourth-order valence-electron chi connectivity index (χ4n) is 5.01. The van der Waals surface area contributed by atoms with E-state index in [9.17, 15) is 10.2 Å². The molecular weight excluding hydrogens is 430 g/mol. The van der Waals surface area contributed by atoms with Gasteiger partial charge in [-0.3, -0.25) is 0 Å². The third-order valence-electron chi connectivity index (χ3n) is 7.04. The summed E-state index contributed by atoms with van der Waals surface area (Å²) in [6, 6.07) is 29.9. The maximum atomic E-state index is 9.40. The molecule has 0 fully saturated rings. The molecule has 0 saturated heterocycles. The van der Waals surface area contributed by atoms with Crippen molar-refractivity contribution >= 4 is 21.8 Å². The summed E-state index contributed by atoms with van der Waals surface area (Å²) in [5.41, 5.74) is 9.09. The molecule has 0 radical (unpaired) electrons. The first-order valence-electron chi connectivity index (χ1n) is 12.7.